The first-order valence-corrected chi connectivity index (χ1v) is 2.75. The molecule has 0 aliphatic heterocycles. The van der Waals surface area contributed by atoms with Crippen LogP contribution in [0.4, 0.5) is 3.89 Å². The topological polar surface area (TPSA) is 49.4 Å². The lowest BCUT2D eigenvalue weighted by Crippen LogP contribution is -1.64. The van der Waals surface area contributed by atoms with Crippen molar-refractivity contribution in [2.24, 2.45) is 0 Å². The molecule has 0 aliphatic rings. The largest absolute Gasteiger partial charge is 0.746 e. The number of ether oxygens (including phenoxy) is 1. The van der Waals surface area contributed by atoms with Gasteiger partial charge in [0.15, 0.2) is 0 Å². The quantitative estimate of drug-likeness (QED) is 0.338. The Morgan fingerprint density at radius 3 is 1.78 bits per heavy atom. The average Bonchev–Trinajstić information content (AvgIpc) is 1.66. The molecule has 0 rings (SSSR count). The minimum atomic E-state index is -3.36. The molecule has 9 heavy (non-hydrogen) atoms. The second-order valence-electron chi connectivity index (χ2n) is 0.663. The van der Waals surface area contributed by atoms with E-state index in [1.165, 1.54) is 12.5 Å². The monoisotopic (exact) mass is 153 g/mol. The fourth-order valence-electron chi connectivity index (χ4n) is 0.0680. The fourth-order valence-corrected chi connectivity index (χ4v) is 0.0680. The van der Waals surface area contributed by atoms with Gasteiger partial charge in [-0.15, -0.1) is 3.89 Å². The van der Waals surface area contributed by atoms with Crippen LogP contribution in [-0.2, 0) is 16.2 Å². The molecule has 0 radical (unpaired) electrons. The van der Waals surface area contributed by atoms with E-state index in [-0.39, 0.29) is 0 Å². The molecule has 0 fully saturated rings. The van der Waals surface area contributed by atoms with E-state index < -0.39 is 11.5 Å². The molecule has 54 valence electrons. The molecule has 0 saturated carbocycles. The van der Waals surface area contributed by atoms with E-state index in [2.05, 4.69) is 17.9 Å². The molecule has 0 aromatic carbocycles. The predicted octanol–water partition coefficient (Wildman–Crippen LogP) is 1.04. The zero-order valence-electron chi connectivity index (χ0n) is 4.58. The first-order chi connectivity index (χ1) is 4.15. The highest BCUT2D eigenvalue weighted by atomic mass is 32.2. The number of rotatable bonds is 2. The normalized spacial score (nSPS) is 10.0. The summed E-state index contributed by atoms with van der Waals surface area (Å²) in [6.45, 7) is 6.51. The Hall–Kier alpha value is -0.680. The summed E-state index contributed by atoms with van der Waals surface area (Å²) in [7, 11) is 0. The van der Waals surface area contributed by atoms with Crippen LogP contribution < -0.4 is 0 Å². The molecule has 0 N–H and O–H groups in total. The van der Waals surface area contributed by atoms with Crippen molar-refractivity contribution >= 4 is 11.5 Å². The molecule has 0 amide bonds. The van der Waals surface area contributed by atoms with Gasteiger partial charge >= 0.3 is 0 Å². The fraction of sp³-hybridized carbons (Fsp3) is 0. The van der Waals surface area contributed by atoms with E-state index >= 15 is 0 Å². The second kappa shape index (κ2) is 10.3. The molecule has 0 bridgehead atoms. The maximum absolute atomic E-state index is 9.92. The van der Waals surface area contributed by atoms with Gasteiger partial charge in [-0.1, -0.05) is 13.2 Å². The first-order valence-electron chi connectivity index (χ1n) is 1.78. The van der Waals surface area contributed by atoms with Gasteiger partial charge in [-0.3, -0.25) is 0 Å². The summed E-state index contributed by atoms with van der Waals surface area (Å²) in [6, 6.07) is 0. The summed E-state index contributed by atoms with van der Waals surface area (Å²) in [5.41, 5.74) is 0. The number of hydrogen-bond donors (Lipinski definition) is 0. The van der Waals surface area contributed by atoms with Crippen molar-refractivity contribution in [1.29, 1.82) is 0 Å². The van der Waals surface area contributed by atoms with Gasteiger partial charge in [0.1, 0.15) is 11.5 Å². The Kier molecular flexibility index (Phi) is 12.8. The molecule has 0 aromatic heterocycles. The zero-order chi connectivity index (χ0) is 7.70. The summed E-state index contributed by atoms with van der Waals surface area (Å²) < 4.78 is 30.9. The zero-order valence-corrected chi connectivity index (χ0v) is 5.40. The van der Waals surface area contributed by atoms with Gasteiger partial charge in [-0.05, 0) is 0 Å². The van der Waals surface area contributed by atoms with Gasteiger partial charge < -0.3 is 9.29 Å². The van der Waals surface area contributed by atoms with Crippen molar-refractivity contribution in [3.8, 4) is 0 Å². The minimum absolute atomic E-state index is 1.31. The highest BCUT2D eigenvalue weighted by Crippen LogP contribution is 1.65. The van der Waals surface area contributed by atoms with Crippen LogP contribution in [0.15, 0.2) is 25.7 Å². The Morgan fingerprint density at radius 2 is 1.78 bits per heavy atom. The maximum atomic E-state index is 9.92. The lowest BCUT2D eigenvalue weighted by Gasteiger charge is -1.78. The molecular formula is C4H6FO3S-. The Labute approximate surface area is 55.4 Å². The molecule has 1 atom stereocenters. The van der Waals surface area contributed by atoms with Gasteiger partial charge in [0.05, 0.1) is 12.5 Å². The molecule has 0 aliphatic carbocycles. The van der Waals surface area contributed by atoms with Crippen LogP contribution in [0.3, 0.4) is 0 Å². The second-order valence-corrected chi connectivity index (χ2v) is 1.05. The molecular weight excluding hydrogens is 147 g/mol. The SMILES string of the molecule is C=COC=C.O=S([O-])F. The Balaban J connectivity index is 0. The molecule has 0 heterocycles. The lowest BCUT2D eigenvalue weighted by atomic mass is 11.1. The number of hydrogen-bond acceptors (Lipinski definition) is 3. The highest BCUT2D eigenvalue weighted by Gasteiger charge is 1.49. The van der Waals surface area contributed by atoms with Gasteiger partial charge in [0.2, 0.25) is 0 Å². The van der Waals surface area contributed by atoms with Gasteiger partial charge in [0.25, 0.3) is 0 Å². The molecule has 5 heteroatoms. The summed E-state index contributed by atoms with van der Waals surface area (Å²) in [4.78, 5) is 0. The lowest BCUT2D eigenvalue weighted by molar-refractivity contribution is 0.406. The van der Waals surface area contributed by atoms with Crippen LogP contribution in [0.2, 0.25) is 0 Å². The molecule has 1 unspecified atom stereocenters. The highest BCUT2D eigenvalue weighted by molar-refractivity contribution is 7.73. The van der Waals surface area contributed by atoms with Crippen molar-refractivity contribution in [3.63, 3.8) is 0 Å². The average molecular weight is 153 g/mol. The molecule has 0 saturated heterocycles. The predicted molar refractivity (Wildman–Crippen MR) is 31.5 cm³/mol. The van der Waals surface area contributed by atoms with Crippen LogP contribution in [-0.4, -0.2) is 8.76 Å². The summed E-state index contributed by atoms with van der Waals surface area (Å²) in [5, 5.41) is 0. The van der Waals surface area contributed by atoms with Crippen molar-refractivity contribution in [3.05, 3.63) is 25.7 Å². The van der Waals surface area contributed by atoms with Crippen LogP contribution in [0.25, 0.3) is 0 Å². The van der Waals surface area contributed by atoms with E-state index in [1.54, 1.807) is 0 Å². The van der Waals surface area contributed by atoms with Crippen LogP contribution >= 0.6 is 0 Å². The van der Waals surface area contributed by atoms with Crippen LogP contribution in [0.1, 0.15) is 0 Å². The van der Waals surface area contributed by atoms with Gasteiger partial charge in [-0.2, -0.15) is 0 Å². The van der Waals surface area contributed by atoms with Crippen molar-refractivity contribution in [2.45, 2.75) is 0 Å². The van der Waals surface area contributed by atoms with Crippen molar-refractivity contribution in [2.75, 3.05) is 0 Å². The molecule has 3 nitrogen and oxygen atoms in total. The molecule has 0 spiro atoms. The van der Waals surface area contributed by atoms with Crippen molar-refractivity contribution < 1.29 is 17.4 Å². The van der Waals surface area contributed by atoms with Gasteiger partial charge in [0, 0.05) is 0 Å². The smallest absolute Gasteiger partial charge is 0.132 e. The first kappa shape index (κ1) is 11.2. The third-order valence-corrected chi connectivity index (χ3v) is 0.192. The molecule has 0 aromatic rings. The van der Waals surface area contributed by atoms with E-state index in [0.717, 1.165) is 0 Å². The maximum Gasteiger partial charge on any atom is 0.132 e. The van der Waals surface area contributed by atoms with E-state index in [1.807, 2.05) is 0 Å². The Bertz CT molecular complexity index is 94.0. The van der Waals surface area contributed by atoms with Crippen LogP contribution in [0.5, 0.6) is 0 Å². The van der Waals surface area contributed by atoms with Gasteiger partial charge in [-0.25, -0.2) is 4.21 Å². The van der Waals surface area contributed by atoms with E-state index in [4.69, 9.17) is 8.76 Å². The van der Waals surface area contributed by atoms with Crippen LogP contribution in [0, 0.1) is 0 Å². The third-order valence-electron chi connectivity index (χ3n) is 0.192. The van der Waals surface area contributed by atoms with E-state index in [9.17, 15) is 3.89 Å². The third kappa shape index (κ3) is 119. The van der Waals surface area contributed by atoms with Crippen molar-refractivity contribution in [1.82, 2.24) is 0 Å². The summed E-state index contributed by atoms with van der Waals surface area (Å²) >= 11 is -3.36. The Morgan fingerprint density at radius 1 is 1.56 bits per heavy atom. The number of halogens is 1. The minimum Gasteiger partial charge on any atom is -0.746 e. The summed E-state index contributed by atoms with van der Waals surface area (Å²) in [5.74, 6) is 0. The van der Waals surface area contributed by atoms with E-state index in [0.29, 0.717) is 0 Å². The standard InChI is InChI=1S/C4H6O.FHO2S/c1-3-5-4-2;1-4(2)3/h3-4H,1-2H2;(H,2,3)/p-1. The summed E-state index contributed by atoms with van der Waals surface area (Å²) in [6.07, 6.45) is 2.62.